The third-order valence-corrected chi connectivity index (χ3v) is 6.21. The van der Waals surface area contributed by atoms with Crippen LogP contribution in [0.3, 0.4) is 0 Å². The Hall–Kier alpha value is -2.61. The Kier molecular flexibility index (Phi) is 5.69. The topological polar surface area (TPSA) is 77.0 Å². The van der Waals surface area contributed by atoms with Crippen molar-refractivity contribution >= 4 is 27.7 Å². The first kappa shape index (κ1) is 20.7. The lowest BCUT2D eigenvalue weighted by Gasteiger charge is -2.27. The number of aromatic nitrogens is 3. The van der Waals surface area contributed by atoms with Crippen LogP contribution in [0.1, 0.15) is 24.4 Å². The largest absolute Gasteiger partial charge is 0.489 e. The second-order valence-corrected chi connectivity index (χ2v) is 8.72. The molecule has 6 nitrogen and oxygen atoms in total. The first-order chi connectivity index (χ1) is 14.4. The number of allylic oxidation sites excluding steroid dienone is 4. The number of amides is 1. The molecular weight excluding hydrogens is 451 g/mol. The molecule has 2 aromatic rings. The monoisotopic (exact) mass is 472 g/mol. The van der Waals surface area contributed by atoms with Crippen molar-refractivity contribution in [3.05, 3.63) is 64.6 Å². The number of hydrogen-bond donors (Lipinski definition) is 1. The standard InChI is InChI=1S/C22H22BrFN4O2/c1-13-19(11-25-14(2)27-13)30-12-22(15-4-3-5-17(24)8-15)9-18(22)21(29)28-20-7-6-16(23)10-26-20/h3-7,10-11,15,18H,8-9,12H2,1-2H3,(H,26,28,29)/t15?,18-,22+/m0/s1. The SMILES string of the molecule is Cc1ncc(OC[C@@]2(C3C=CC=C(F)C3)C[C@H]2C(=O)Nc2ccc(Br)cn2)c(C)n1. The molecule has 3 atom stereocenters. The Morgan fingerprint density at radius 1 is 1.33 bits per heavy atom. The third-order valence-electron chi connectivity index (χ3n) is 5.74. The van der Waals surface area contributed by atoms with Gasteiger partial charge in [-0.2, -0.15) is 0 Å². The van der Waals surface area contributed by atoms with E-state index >= 15 is 0 Å². The summed E-state index contributed by atoms with van der Waals surface area (Å²) in [6.45, 7) is 3.96. The van der Waals surface area contributed by atoms with E-state index < -0.39 is 5.41 Å². The quantitative estimate of drug-likeness (QED) is 0.658. The number of aryl methyl sites for hydroxylation is 2. The molecule has 0 aromatic carbocycles. The van der Waals surface area contributed by atoms with Crippen molar-refractivity contribution in [2.24, 2.45) is 17.3 Å². The molecule has 8 heteroatoms. The van der Waals surface area contributed by atoms with Crippen molar-refractivity contribution in [2.75, 3.05) is 11.9 Å². The van der Waals surface area contributed by atoms with E-state index in [0.717, 1.165) is 10.2 Å². The summed E-state index contributed by atoms with van der Waals surface area (Å²) in [7, 11) is 0. The van der Waals surface area contributed by atoms with Crippen molar-refractivity contribution in [3.8, 4) is 5.75 Å². The zero-order chi connectivity index (χ0) is 21.3. The third kappa shape index (κ3) is 4.28. The minimum Gasteiger partial charge on any atom is -0.489 e. The predicted molar refractivity (Wildman–Crippen MR) is 115 cm³/mol. The maximum absolute atomic E-state index is 14.0. The van der Waals surface area contributed by atoms with Gasteiger partial charge in [-0.15, -0.1) is 0 Å². The van der Waals surface area contributed by atoms with Gasteiger partial charge in [0.2, 0.25) is 5.91 Å². The van der Waals surface area contributed by atoms with Crippen molar-refractivity contribution in [1.29, 1.82) is 0 Å². The molecule has 0 saturated heterocycles. The fourth-order valence-electron chi connectivity index (χ4n) is 3.98. The number of rotatable bonds is 6. The van der Waals surface area contributed by atoms with Crippen LogP contribution in [-0.4, -0.2) is 27.5 Å². The summed E-state index contributed by atoms with van der Waals surface area (Å²) in [6, 6.07) is 3.55. The van der Waals surface area contributed by atoms with Gasteiger partial charge in [0.05, 0.1) is 18.5 Å². The number of hydrogen-bond acceptors (Lipinski definition) is 5. The number of nitrogens with zero attached hydrogens (tertiary/aromatic N) is 3. The number of carbonyl (C=O) groups excluding carboxylic acids is 1. The molecule has 1 unspecified atom stereocenters. The second kappa shape index (κ2) is 8.26. The molecule has 2 aliphatic carbocycles. The van der Waals surface area contributed by atoms with Gasteiger partial charge in [-0.25, -0.2) is 19.3 Å². The molecule has 2 aromatic heterocycles. The van der Waals surface area contributed by atoms with E-state index in [-0.39, 0.29) is 36.6 Å². The summed E-state index contributed by atoms with van der Waals surface area (Å²) in [5, 5.41) is 2.87. The molecule has 0 aliphatic heterocycles. The average molecular weight is 473 g/mol. The van der Waals surface area contributed by atoms with Crippen molar-refractivity contribution in [1.82, 2.24) is 15.0 Å². The van der Waals surface area contributed by atoms with Gasteiger partial charge in [-0.3, -0.25) is 4.79 Å². The number of pyridine rings is 1. The van der Waals surface area contributed by atoms with Gasteiger partial charge in [0.15, 0.2) is 5.75 Å². The van der Waals surface area contributed by atoms with Crippen LogP contribution in [0, 0.1) is 31.1 Å². The van der Waals surface area contributed by atoms with E-state index in [1.165, 1.54) is 6.08 Å². The van der Waals surface area contributed by atoms with Gasteiger partial charge < -0.3 is 10.1 Å². The maximum atomic E-state index is 14.0. The number of nitrogens with one attached hydrogen (secondary N) is 1. The minimum atomic E-state index is -0.487. The van der Waals surface area contributed by atoms with Crippen molar-refractivity contribution in [3.63, 3.8) is 0 Å². The van der Waals surface area contributed by atoms with Gasteiger partial charge in [0, 0.05) is 28.4 Å². The summed E-state index contributed by atoms with van der Waals surface area (Å²) < 4.78 is 20.9. The lowest BCUT2D eigenvalue weighted by Crippen LogP contribution is -2.30. The van der Waals surface area contributed by atoms with Crippen molar-refractivity contribution < 1.29 is 13.9 Å². The molecule has 1 saturated carbocycles. The van der Waals surface area contributed by atoms with E-state index in [4.69, 9.17) is 4.74 Å². The van der Waals surface area contributed by atoms with E-state index in [2.05, 4.69) is 36.2 Å². The van der Waals surface area contributed by atoms with Gasteiger partial charge in [0.25, 0.3) is 0 Å². The molecule has 1 N–H and O–H groups in total. The highest BCUT2D eigenvalue weighted by Crippen LogP contribution is 2.60. The Labute approximate surface area is 182 Å². The molecule has 2 aliphatic rings. The van der Waals surface area contributed by atoms with Crippen LogP contribution < -0.4 is 10.1 Å². The lowest BCUT2D eigenvalue weighted by atomic mass is 9.82. The molecule has 0 bridgehead atoms. The van der Waals surface area contributed by atoms with E-state index in [0.29, 0.717) is 23.8 Å². The average Bonchev–Trinajstić information content (AvgIpc) is 3.45. The normalized spacial score (nSPS) is 24.9. The summed E-state index contributed by atoms with van der Waals surface area (Å²) in [5.74, 6) is 1.00. The summed E-state index contributed by atoms with van der Waals surface area (Å²) >= 11 is 3.33. The van der Waals surface area contributed by atoms with Crippen LogP contribution in [0.25, 0.3) is 0 Å². The van der Waals surface area contributed by atoms with Crippen LogP contribution in [0.2, 0.25) is 0 Å². The van der Waals surface area contributed by atoms with Crippen LogP contribution in [-0.2, 0) is 4.79 Å². The molecule has 4 rings (SSSR count). The first-order valence-corrected chi connectivity index (χ1v) is 10.5. The van der Waals surface area contributed by atoms with Gasteiger partial charge in [0.1, 0.15) is 17.5 Å². The molecule has 0 spiro atoms. The van der Waals surface area contributed by atoms with Crippen LogP contribution in [0.4, 0.5) is 10.2 Å². The fourth-order valence-corrected chi connectivity index (χ4v) is 4.21. The van der Waals surface area contributed by atoms with E-state index in [1.807, 2.05) is 26.0 Å². The van der Waals surface area contributed by atoms with Gasteiger partial charge >= 0.3 is 0 Å². The van der Waals surface area contributed by atoms with Crippen LogP contribution in [0.15, 0.2) is 53.1 Å². The van der Waals surface area contributed by atoms with Gasteiger partial charge in [-0.05, 0) is 60.3 Å². The number of ether oxygens (including phenoxy) is 1. The Morgan fingerprint density at radius 2 is 2.17 bits per heavy atom. The van der Waals surface area contributed by atoms with Crippen molar-refractivity contribution in [2.45, 2.75) is 26.7 Å². The molecule has 1 fully saturated rings. The second-order valence-electron chi connectivity index (χ2n) is 7.81. The van der Waals surface area contributed by atoms with E-state index in [9.17, 15) is 9.18 Å². The fraction of sp³-hybridized carbons (Fsp3) is 0.364. The highest BCUT2D eigenvalue weighted by atomic mass is 79.9. The molecule has 0 radical (unpaired) electrons. The minimum absolute atomic E-state index is 0.122. The van der Waals surface area contributed by atoms with E-state index in [1.54, 1.807) is 24.5 Å². The zero-order valence-corrected chi connectivity index (χ0v) is 18.3. The predicted octanol–water partition coefficient (Wildman–Crippen LogP) is 4.70. The first-order valence-electron chi connectivity index (χ1n) is 9.76. The molecular formula is C22H22BrFN4O2. The molecule has 30 heavy (non-hydrogen) atoms. The molecule has 2 heterocycles. The Bertz CT molecular complexity index is 1020. The highest BCUT2D eigenvalue weighted by molar-refractivity contribution is 9.10. The number of anilines is 1. The van der Waals surface area contributed by atoms with Crippen LogP contribution >= 0.6 is 15.9 Å². The van der Waals surface area contributed by atoms with Crippen LogP contribution in [0.5, 0.6) is 5.75 Å². The maximum Gasteiger partial charge on any atom is 0.229 e. The van der Waals surface area contributed by atoms with Gasteiger partial charge in [-0.1, -0.05) is 12.2 Å². The Morgan fingerprint density at radius 3 is 2.87 bits per heavy atom. The summed E-state index contributed by atoms with van der Waals surface area (Å²) in [6.07, 6.45) is 9.30. The summed E-state index contributed by atoms with van der Waals surface area (Å²) in [5.41, 5.74) is 0.252. The highest BCUT2D eigenvalue weighted by Gasteiger charge is 2.62. The smallest absolute Gasteiger partial charge is 0.229 e. The Balaban J connectivity index is 1.52. The molecule has 156 valence electrons. The zero-order valence-electron chi connectivity index (χ0n) is 16.7. The number of carbonyl (C=O) groups is 1. The summed E-state index contributed by atoms with van der Waals surface area (Å²) in [4.78, 5) is 25.7. The molecule has 1 amide bonds. The lowest BCUT2D eigenvalue weighted by molar-refractivity contribution is -0.118. The number of halogens is 2.